The van der Waals surface area contributed by atoms with Gasteiger partial charge in [-0.3, -0.25) is 4.79 Å². The van der Waals surface area contributed by atoms with Crippen LogP contribution in [0.3, 0.4) is 0 Å². The van der Waals surface area contributed by atoms with Crippen LogP contribution >= 0.6 is 23.5 Å². The summed E-state index contributed by atoms with van der Waals surface area (Å²) in [5.74, 6) is 0.0200. The van der Waals surface area contributed by atoms with Crippen molar-refractivity contribution in [2.24, 2.45) is 0 Å². The highest BCUT2D eigenvalue weighted by Crippen LogP contribution is 2.37. The zero-order valence-electron chi connectivity index (χ0n) is 15.1. The van der Waals surface area contributed by atoms with Crippen molar-refractivity contribution in [3.05, 3.63) is 103 Å². The van der Waals surface area contributed by atoms with Crippen LogP contribution in [0, 0.1) is 0 Å². The Hall–Kier alpha value is -2.43. The molecule has 3 aromatic rings. The van der Waals surface area contributed by atoms with Crippen molar-refractivity contribution in [2.45, 2.75) is 14.4 Å². The Morgan fingerprint density at radius 2 is 1.19 bits per heavy atom. The number of rotatable bonds is 7. The molecule has 0 aliphatic heterocycles. The van der Waals surface area contributed by atoms with Gasteiger partial charge in [-0.1, -0.05) is 73.3 Å². The molecule has 4 heteroatoms. The van der Waals surface area contributed by atoms with Gasteiger partial charge in [0.05, 0.1) is 0 Å². The molecule has 27 heavy (non-hydrogen) atoms. The molecule has 1 amide bonds. The molecule has 0 heterocycles. The van der Waals surface area contributed by atoms with Crippen LogP contribution in [-0.2, 0) is 4.79 Å². The lowest BCUT2D eigenvalue weighted by molar-refractivity contribution is -0.124. The summed E-state index contributed by atoms with van der Waals surface area (Å²) >= 11 is 3.13. The van der Waals surface area contributed by atoms with E-state index in [1.807, 2.05) is 91.0 Å². The van der Waals surface area contributed by atoms with Crippen molar-refractivity contribution < 1.29 is 4.79 Å². The molecule has 0 aromatic heterocycles. The third kappa shape index (κ3) is 5.28. The van der Waals surface area contributed by atoms with E-state index in [1.54, 1.807) is 35.5 Å². The molecule has 0 radical (unpaired) electrons. The first kappa shape index (κ1) is 19.3. The molecule has 0 fully saturated rings. The first-order chi connectivity index (χ1) is 13.1. The minimum Gasteiger partial charge on any atom is -0.314 e. The fourth-order valence-electron chi connectivity index (χ4n) is 2.49. The highest BCUT2D eigenvalue weighted by atomic mass is 32.2. The van der Waals surface area contributed by atoms with Crippen molar-refractivity contribution >= 4 is 35.1 Å². The Bertz CT molecular complexity index is 841. The van der Waals surface area contributed by atoms with Crippen molar-refractivity contribution in [2.75, 3.05) is 7.05 Å². The van der Waals surface area contributed by atoms with Gasteiger partial charge in [0, 0.05) is 22.5 Å². The van der Waals surface area contributed by atoms with Gasteiger partial charge in [-0.15, -0.1) is 23.5 Å². The molecule has 2 nitrogen and oxygen atoms in total. The number of hydrogen-bond acceptors (Lipinski definition) is 3. The number of benzene rings is 3. The maximum atomic E-state index is 13.3. The van der Waals surface area contributed by atoms with Gasteiger partial charge in [0.1, 0.15) is 4.58 Å². The summed E-state index contributed by atoms with van der Waals surface area (Å²) in [7, 11) is 1.79. The topological polar surface area (TPSA) is 20.3 Å². The smallest absolute Gasteiger partial charge is 0.250 e. The molecule has 0 saturated carbocycles. The van der Waals surface area contributed by atoms with E-state index in [1.165, 1.54) is 0 Å². The maximum absolute atomic E-state index is 13.3. The fourth-order valence-corrected chi connectivity index (χ4v) is 4.99. The van der Waals surface area contributed by atoms with Gasteiger partial charge in [0.25, 0.3) is 5.91 Å². The number of carbonyl (C=O) groups is 1. The maximum Gasteiger partial charge on any atom is 0.250 e. The molecule has 3 aromatic carbocycles. The summed E-state index contributed by atoms with van der Waals surface area (Å²) < 4.78 is -0.305. The normalized spacial score (nSPS) is 10.6. The van der Waals surface area contributed by atoms with E-state index in [4.69, 9.17) is 0 Å². The molecular weight excluding hydrogens is 370 g/mol. The molecule has 0 saturated heterocycles. The summed E-state index contributed by atoms with van der Waals surface area (Å²) in [5.41, 5.74) is 1.65. The average Bonchev–Trinajstić information content (AvgIpc) is 2.74. The summed E-state index contributed by atoms with van der Waals surface area (Å²) in [5, 5.41) is 0. The van der Waals surface area contributed by atoms with Crippen molar-refractivity contribution in [3.63, 3.8) is 0 Å². The van der Waals surface area contributed by atoms with E-state index < -0.39 is 0 Å². The first-order valence-corrected chi connectivity index (χ1v) is 10.4. The Morgan fingerprint density at radius 1 is 0.778 bits per heavy atom. The van der Waals surface area contributed by atoms with Crippen LogP contribution in [0.4, 0.5) is 0 Å². The quantitative estimate of drug-likeness (QED) is 0.362. The Kier molecular flexibility index (Phi) is 6.80. The molecule has 0 unspecified atom stereocenters. The number of hydrogen-bond donors (Lipinski definition) is 0. The van der Waals surface area contributed by atoms with E-state index in [0.717, 1.165) is 15.4 Å². The third-order valence-electron chi connectivity index (χ3n) is 4.02. The zero-order valence-corrected chi connectivity index (χ0v) is 16.7. The molecule has 0 atom stereocenters. The van der Waals surface area contributed by atoms with Gasteiger partial charge >= 0.3 is 0 Å². The third-order valence-corrected chi connectivity index (χ3v) is 6.51. The van der Waals surface area contributed by atoms with E-state index in [2.05, 4.69) is 6.58 Å². The van der Waals surface area contributed by atoms with Gasteiger partial charge in [0.15, 0.2) is 0 Å². The average molecular weight is 392 g/mol. The van der Waals surface area contributed by atoms with Gasteiger partial charge < -0.3 is 4.90 Å². The fraction of sp³-hybridized carbons (Fsp3) is 0.0870. The highest BCUT2D eigenvalue weighted by molar-refractivity contribution is 8.18. The Balaban J connectivity index is 1.82. The molecule has 0 spiro atoms. The van der Waals surface area contributed by atoms with Crippen LogP contribution in [0.25, 0.3) is 5.70 Å². The van der Waals surface area contributed by atoms with Crippen molar-refractivity contribution in [1.29, 1.82) is 0 Å². The standard InChI is InChI=1S/C23H21NOS2/c1-18(19-12-6-3-7-13-19)24(2)22(25)23(26-20-14-8-4-9-15-20)27-21-16-10-5-11-17-21/h3-17,23H,1H2,2H3. The van der Waals surface area contributed by atoms with E-state index in [-0.39, 0.29) is 10.5 Å². The molecule has 136 valence electrons. The second kappa shape index (κ2) is 9.49. The number of carbonyl (C=O) groups excluding carboxylic acids is 1. The lowest BCUT2D eigenvalue weighted by atomic mass is 10.1. The molecule has 0 bridgehead atoms. The van der Waals surface area contributed by atoms with E-state index >= 15 is 0 Å². The SMILES string of the molecule is C=C(c1ccccc1)N(C)C(=O)C(Sc1ccccc1)Sc1ccccc1. The predicted molar refractivity (Wildman–Crippen MR) is 117 cm³/mol. The van der Waals surface area contributed by atoms with Gasteiger partial charge in [-0.2, -0.15) is 0 Å². The summed E-state index contributed by atoms with van der Waals surface area (Å²) in [6, 6.07) is 29.8. The Labute approximate surface area is 169 Å². The van der Waals surface area contributed by atoms with Crippen LogP contribution in [0.2, 0.25) is 0 Å². The van der Waals surface area contributed by atoms with Crippen LogP contribution in [0.15, 0.2) is 107 Å². The molecule has 0 aliphatic carbocycles. The zero-order chi connectivity index (χ0) is 19.1. The molecular formula is C23H21NOS2. The van der Waals surface area contributed by atoms with Gasteiger partial charge in [0.2, 0.25) is 0 Å². The van der Waals surface area contributed by atoms with Crippen LogP contribution in [0.5, 0.6) is 0 Å². The highest BCUT2D eigenvalue weighted by Gasteiger charge is 2.26. The monoisotopic (exact) mass is 391 g/mol. The number of nitrogens with zero attached hydrogens (tertiary/aromatic N) is 1. The van der Waals surface area contributed by atoms with E-state index in [9.17, 15) is 4.79 Å². The Morgan fingerprint density at radius 3 is 1.63 bits per heavy atom. The minimum atomic E-state index is -0.305. The first-order valence-electron chi connectivity index (χ1n) is 8.60. The van der Waals surface area contributed by atoms with Gasteiger partial charge in [-0.05, 0) is 29.8 Å². The largest absolute Gasteiger partial charge is 0.314 e. The van der Waals surface area contributed by atoms with Crippen molar-refractivity contribution in [1.82, 2.24) is 4.90 Å². The van der Waals surface area contributed by atoms with Crippen LogP contribution in [0.1, 0.15) is 5.56 Å². The van der Waals surface area contributed by atoms with E-state index in [0.29, 0.717) is 5.70 Å². The van der Waals surface area contributed by atoms with Crippen molar-refractivity contribution in [3.8, 4) is 0 Å². The minimum absolute atomic E-state index is 0.0200. The lowest BCUT2D eigenvalue weighted by Gasteiger charge is -2.25. The molecule has 3 rings (SSSR count). The van der Waals surface area contributed by atoms with Gasteiger partial charge in [-0.25, -0.2) is 0 Å². The summed E-state index contributed by atoms with van der Waals surface area (Å²) in [4.78, 5) is 17.1. The molecule has 0 N–H and O–H groups in total. The molecule has 0 aliphatic rings. The summed E-state index contributed by atoms with van der Waals surface area (Å²) in [6.45, 7) is 4.13. The predicted octanol–water partition coefficient (Wildman–Crippen LogP) is 6.03. The lowest BCUT2D eigenvalue weighted by Crippen LogP contribution is -2.31. The number of thioether (sulfide) groups is 2. The number of amides is 1. The van der Waals surface area contributed by atoms with Crippen LogP contribution < -0.4 is 0 Å². The summed E-state index contributed by atoms with van der Waals surface area (Å²) in [6.07, 6.45) is 0. The van der Waals surface area contributed by atoms with Crippen LogP contribution in [-0.4, -0.2) is 22.4 Å². The second-order valence-corrected chi connectivity index (χ2v) is 8.56. The second-order valence-electron chi connectivity index (χ2n) is 5.90.